The number of amides is 1. The van der Waals surface area contributed by atoms with Crippen LogP contribution in [0.4, 0.5) is 15.9 Å². The number of carbonyl (C=O) groups excluding carboxylic acids is 1. The number of benzene rings is 3. The van der Waals surface area contributed by atoms with Crippen LogP contribution >= 0.6 is 0 Å². The van der Waals surface area contributed by atoms with Gasteiger partial charge in [-0.05, 0) is 36.8 Å². The molecular weight excluding hydrogens is 403 g/mol. The molecule has 0 unspecified atom stereocenters. The van der Waals surface area contributed by atoms with Gasteiger partial charge in [0.1, 0.15) is 17.2 Å². The van der Waals surface area contributed by atoms with E-state index >= 15 is 0 Å². The van der Waals surface area contributed by atoms with Crippen LogP contribution < -0.4 is 10.2 Å². The molecule has 0 saturated carbocycles. The number of aryl methyl sites for hydroxylation is 1. The molecular formula is C26H23FN4O. The van der Waals surface area contributed by atoms with Gasteiger partial charge in [-0.2, -0.15) is 0 Å². The third-order valence-electron chi connectivity index (χ3n) is 5.13. The summed E-state index contributed by atoms with van der Waals surface area (Å²) in [6, 6.07) is 23.7. The van der Waals surface area contributed by atoms with Crippen molar-refractivity contribution < 1.29 is 9.18 Å². The smallest absolute Gasteiger partial charge is 0.256 e. The van der Waals surface area contributed by atoms with Gasteiger partial charge in [0.15, 0.2) is 5.82 Å². The number of nitrogens with one attached hydrogen (secondary N) is 1. The van der Waals surface area contributed by atoms with Crippen molar-refractivity contribution in [3.63, 3.8) is 0 Å². The average Bonchev–Trinajstić information content (AvgIpc) is 2.83. The fourth-order valence-electron chi connectivity index (χ4n) is 3.33. The topological polar surface area (TPSA) is 58.1 Å². The first-order chi connectivity index (χ1) is 15.5. The lowest BCUT2D eigenvalue weighted by Gasteiger charge is -2.22. The lowest BCUT2D eigenvalue weighted by Crippen LogP contribution is -2.26. The normalized spacial score (nSPS) is 10.6. The van der Waals surface area contributed by atoms with Crippen LogP contribution in [0.3, 0.4) is 0 Å². The molecule has 0 aliphatic heterocycles. The number of halogens is 1. The molecule has 0 spiro atoms. The first-order valence-corrected chi connectivity index (χ1v) is 10.3. The molecule has 1 heterocycles. The molecule has 3 aromatic carbocycles. The maximum atomic E-state index is 13.5. The molecule has 0 radical (unpaired) electrons. The largest absolute Gasteiger partial charge is 0.348 e. The van der Waals surface area contributed by atoms with E-state index in [1.165, 1.54) is 18.3 Å². The summed E-state index contributed by atoms with van der Waals surface area (Å²) < 4.78 is 13.5. The average molecular weight is 426 g/mol. The van der Waals surface area contributed by atoms with Crippen LogP contribution in [0.5, 0.6) is 0 Å². The van der Waals surface area contributed by atoms with Crippen molar-refractivity contribution in [2.24, 2.45) is 0 Å². The standard InChI is InChI=1S/C26H23FN4O/c1-18-11-13-22(14-12-18)31(2)25-23(17-28-24(30-25)20-8-4-3-5-9-20)26(32)29-16-19-7-6-10-21(27)15-19/h3-15,17H,16H2,1-2H3,(H,29,32). The molecule has 1 N–H and O–H groups in total. The lowest BCUT2D eigenvalue weighted by molar-refractivity contribution is 0.0951. The molecule has 6 heteroatoms. The molecule has 4 aromatic rings. The molecule has 0 aliphatic rings. The molecule has 1 amide bonds. The highest BCUT2D eigenvalue weighted by atomic mass is 19.1. The second kappa shape index (κ2) is 9.39. The van der Waals surface area contributed by atoms with Crippen molar-refractivity contribution in [2.75, 3.05) is 11.9 Å². The van der Waals surface area contributed by atoms with E-state index in [9.17, 15) is 9.18 Å². The molecule has 0 aliphatic carbocycles. The van der Waals surface area contributed by atoms with E-state index < -0.39 is 0 Å². The van der Waals surface area contributed by atoms with Gasteiger partial charge in [-0.15, -0.1) is 0 Å². The van der Waals surface area contributed by atoms with E-state index in [0.717, 1.165) is 16.8 Å². The quantitative estimate of drug-likeness (QED) is 0.455. The maximum absolute atomic E-state index is 13.5. The predicted octanol–water partition coefficient (Wildman–Crippen LogP) is 5.29. The van der Waals surface area contributed by atoms with Crippen molar-refractivity contribution in [1.82, 2.24) is 15.3 Å². The van der Waals surface area contributed by atoms with E-state index in [-0.39, 0.29) is 18.3 Å². The Balaban J connectivity index is 1.68. The number of anilines is 2. The zero-order valence-electron chi connectivity index (χ0n) is 17.9. The minimum Gasteiger partial charge on any atom is -0.348 e. The van der Waals surface area contributed by atoms with Crippen LogP contribution in [0.25, 0.3) is 11.4 Å². The van der Waals surface area contributed by atoms with E-state index in [2.05, 4.69) is 10.3 Å². The van der Waals surface area contributed by atoms with E-state index in [0.29, 0.717) is 22.8 Å². The number of aromatic nitrogens is 2. The van der Waals surface area contributed by atoms with Gasteiger partial charge in [0, 0.05) is 31.0 Å². The molecule has 1 aromatic heterocycles. The fourth-order valence-corrected chi connectivity index (χ4v) is 3.33. The molecule has 4 rings (SSSR count). The highest BCUT2D eigenvalue weighted by molar-refractivity contribution is 5.99. The molecule has 160 valence electrons. The predicted molar refractivity (Wildman–Crippen MR) is 124 cm³/mol. The SMILES string of the molecule is Cc1ccc(N(C)c2nc(-c3ccccc3)ncc2C(=O)NCc2cccc(F)c2)cc1. The first-order valence-electron chi connectivity index (χ1n) is 10.3. The van der Waals surface area contributed by atoms with Crippen LogP contribution in [0.1, 0.15) is 21.5 Å². The first kappa shape index (κ1) is 21.2. The van der Waals surface area contributed by atoms with Crippen molar-refractivity contribution in [1.29, 1.82) is 0 Å². The summed E-state index contributed by atoms with van der Waals surface area (Å²) in [6.07, 6.45) is 1.54. The summed E-state index contributed by atoms with van der Waals surface area (Å²) in [5.74, 6) is 0.343. The third-order valence-corrected chi connectivity index (χ3v) is 5.13. The van der Waals surface area contributed by atoms with Gasteiger partial charge in [-0.25, -0.2) is 14.4 Å². The summed E-state index contributed by atoms with van der Waals surface area (Å²) in [5.41, 5.74) is 3.91. The monoisotopic (exact) mass is 426 g/mol. The highest BCUT2D eigenvalue weighted by Gasteiger charge is 2.19. The van der Waals surface area contributed by atoms with E-state index in [1.54, 1.807) is 12.1 Å². The number of nitrogens with zero attached hydrogens (tertiary/aromatic N) is 3. The Hall–Kier alpha value is -4.06. The second-order valence-corrected chi connectivity index (χ2v) is 7.50. The number of hydrogen-bond donors (Lipinski definition) is 1. The van der Waals surface area contributed by atoms with Crippen molar-refractivity contribution in [3.05, 3.63) is 108 Å². The summed E-state index contributed by atoms with van der Waals surface area (Å²) in [6.45, 7) is 2.22. The summed E-state index contributed by atoms with van der Waals surface area (Å²) in [5, 5.41) is 2.85. The van der Waals surface area contributed by atoms with Gasteiger partial charge < -0.3 is 10.2 Å². The Kier molecular flexibility index (Phi) is 6.22. The van der Waals surface area contributed by atoms with Crippen molar-refractivity contribution >= 4 is 17.4 Å². The van der Waals surface area contributed by atoms with Crippen molar-refractivity contribution in [3.8, 4) is 11.4 Å². The van der Waals surface area contributed by atoms with E-state index in [1.807, 2.05) is 73.5 Å². The zero-order chi connectivity index (χ0) is 22.5. The van der Waals surface area contributed by atoms with Gasteiger partial charge >= 0.3 is 0 Å². The van der Waals surface area contributed by atoms with Gasteiger partial charge in [0.25, 0.3) is 5.91 Å². The fraction of sp³-hybridized carbons (Fsp3) is 0.115. The minimum atomic E-state index is -0.341. The minimum absolute atomic E-state index is 0.199. The Labute approximate surface area is 186 Å². The Bertz CT molecular complexity index is 1230. The van der Waals surface area contributed by atoms with Crippen LogP contribution in [0.15, 0.2) is 85.1 Å². The van der Waals surface area contributed by atoms with Gasteiger partial charge in [-0.1, -0.05) is 60.2 Å². The van der Waals surface area contributed by atoms with Crippen molar-refractivity contribution in [2.45, 2.75) is 13.5 Å². The number of carbonyl (C=O) groups is 1. The molecule has 0 atom stereocenters. The second-order valence-electron chi connectivity index (χ2n) is 7.50. The highest BCUT2D eigenvalue weighted by Crippen LogP contribution is 2.27. The Morgan fingerprint density at radius 1 is 1.00 bits per heavy atom. The molecule has 5 nitrogen and oxygen atoms in total. The maximum Gasteiger partial charge on any atom is 0.256 e. The zero-order valence-corrected chi connectivity index (χ0v) is 17.9. The number of rotatable bonds is 6. The third kappa shape index (κ3) is 4.81. The summed E-state index contributed by atoms with van der Waals surface area (Å²) in [4.78, 5) is 24.1. The van der Waals surface area contributed by atoms with E-state index in [4.69, 9.17) is 4.98 Å². The van der Waals surface area contributed by atoms with Gasteiger partial charge in [0.2, 0.25) is 0 Å². The van der Waals surface area contributed by atoms with Crippen LogP contribution in [-0.4, -0.2) is 22.9 Å². The van der Waals surface area contributed by atoms with Gasteiger partial charge in [-0.3, -0.25) is 4.79 Å². The lowest BCUT2D eigenvalue weighted by atomic mass is 10.1. The molecule has 0 fully saturated rings. The molecule has 0 saturated heterocycles. The van der Waals surface area contributed by atoms with Crippen LogP contribution in [0.2, 0.25) is 0 Å². The molecule has 0 bridgehead atoms. The van der Waals surface area contributed by atoms with Crippen LogP contribution in [-0.2, 0) is 6.54 Å². The molecule has 32 heavy (non-hydrogen) atoms. The van der Waals surface area contributed by atoms with Gasteiger partial charge in [0.05, 0.1) is 0 Å². The Morgan fingerprint density at radius 2 is 1.75 bits per heavy atom. The van der Waals surface area contributed by atoms with Crippen LogP contribution in [0, 0.1) is 12.7 Å². The number of hydrogen-bond acceptors (Lipinski definition) is 4. The Morgan fingerprint density at radius 3 is 2.47 bits per heavy atom. The summed E-state index contributed by atoms with van der Waals surface area (Å²) >= 11 is 0. The summed E-state index contributed by atoms with van der Waals surface area (Å²) in [7, 11) is 1.87.